The Morgan fingerprint density at radius 1 is 1.30 bits per heavy atom. The molecule has 1 aromatic rings. The van der Waals surface area contributed by atoms with E-state index in [4.69, 9.17) is 10.00 Å². The van der Waals surface area contributed by atoms with Gasteiger partial charge in [-0.3, -0.25) is 4.90 Å². The van der Waals surface area contributed by atoms with Crippen molar-refractivity contribution in [2.24, 2.45) is 5.92 Å². The van der Waals surface area contributed by atoms with Gasteiger partial charge in [-0.15, -0.1) is 0 Å². The molecule has 3 heteroatoms. The predicted octanol–water partition coefficient (Wildman–Crippen LogP) is 3.33. The van der Waals surface area contributed by atoms with E-state index in [0.717, 1.165) is 18.5 Å². The summed E-state index contributed by atoms with van der Waals surface area (Å²) in [5.41, 5.74) is 1.88. The minimum Gasteiger partial charge on any atom is -0.495 e. The van der Waals surface area contributed by atoms with Crippen LogP contribution in [0.2, 0.25) is 0 Å². The highest BCUT2D eigenvalue weighted by Crippen LogP contribution is 2.37. The van der Waals surface area contributed by atoms with Gasteiger partial charge in [0.1, 0.15) is 11.8 Å². The molecule has 1 saturated carbocycles. The van der Waals surface area contributed by atoms with Gasteiger partial charge >= 0.3 is 0 Å². The largest absolute Gasteiger partial charge is 0.495 e. The van der Waals surface area contributed by atoms with E-state index in [1.54, 1.807) is 7.11 Å². The molecule has 2 fully saturated rings. The summed E-state index contributed by atoms with van der Waals surface area (Å²) >= 11 is 0. The molecule has 0 N–H and O–H groups in total. The average molecular weight is 270 g/mol. The van der Waals surface area contributed by atoms with Crippen molar-refractivity contribution in [3.63, 3.8) is 0 Å². The third kappa shape index (κ3) is 2.53. The second kappa shape index (κ2) is 5.85. The normalized spacial score (nSPS) is 26.0. The highest BCUT2D eigenvalue weighted by molar-refractivity contribution is 5.45. The highest BCUT2D eigenvalue weighted by Gasteiger charge is 2.35. The Morgan fingerprint density at radius 3 is 2.95 bits per heavy atom. The Bertz CT molecular complexity index is 520. The number of nitrogens with zero attached hydrogens (tertiary/aromatic N) is 2. The van der Waals surface area contributed by atoms with Crippen LogP contribution in [0.1, 0.15) is 43.2 Å². The first kappa shape index (κ1) is 13.5. The molecular formula is C17H22N2O. The summed E-state index contributed by atoms with van der Waals surface area (Å²) in [5.74, 6) is 1.62. The predicted molar refractivity (Wildman–Crippen MR) is 78.5 cm³/mol. The Labute approximate surface area is 121 Å². The van der Waals surface area contributed by atoms with Gasteiger partial charge in [0.2, 0.25) is 0 Å². The molecule has 3 nitrogen and oxygen atoms in total. The van der Waals surface area contributed by atoms with Crippen LogP contribution < -0.4 is 4.74 Å². The van der Waals surface area contributed by atoms with E-state index in [-0.39, 0.29) is 0 Å². The number of methoxy groups -OCH3 is 1. The fraction of sp³-hybridized carbons (Fsp3) is 0.588. The second-order valence-corrected chi connectivity index (χ2v) is 6.02. The van der Waals surface area contributed by atoms with Crippen LogP contribution in [0, 0.1) is 17.2 Å². The first-order valence-corrected chi connectivity index (χ1v) is 7.63. The molecule has 2 aliphatic rings. The van der Waals surface area contributed by atoms with Crippen molar-refractivity contribution in [2.45, 2.75) is 44.7 Å². The number of ether oxygens (including phenoxy) is 1. The summed E-state index contributed by atoms with van der Waals surface area (Å²) in [6.45, 7) is 2.21. The topological polar surface area (TPSA) is 36.3 Å². The Hall–Kier alpha value is -1.53. The van der Waals surface area contributed by atoms with Gasteiger partial charge in [0.15, 0.2) is 0 Å². The quantitative estimate of drug-likeness (QED) is 0.845. The van der Waals surface area contributed by atoms with E-state index in [1.165, 1.54) is 44.2 Å². The van der Waals surface area contributed by atoms with Gasteiger partial charge < -0.3 is 4.74 Å². The average Bonchev–Trinajstić information content (AvgIpc) is 2.90. The number of rotatable bonds is 3. The zero-order valence-electron chi connectivity index (χ0n) is 12.1. The molecule has 3 rings (SSSR count). The van der Waals surface area contributed by atoms with Crippen molar-refractivity contribution in [3.05, 3.63) is 29.3 Å². The standard InChI is InChI=1S/C17H22N2O/c1-20-17-10-13(6-7-15(17)11-18)12-19-9-8-14-4-2-3-5-16(14)19/h6-7,10,14,16H,2-5,8-9,12H2,1H3. The molecule has 1 heterocycles. The number of hydrogen-bond acceptors (Lipinski definition) is 3. The van der Waals surface area contributed by atoms with Crippen LogP contribution in [-0.4, -0.2) is 24.6 Å². The van der Waals surface area contributed by atoms with Crippen molar-refractivity contribution >= 4 is 0 Å². The van der Waals surface area contributed by atoms with Crippen LogP contribution in [0.5, 0.6) is 5.75 Å². The van der Waals surface area contributed by atoms with Gasteiger partial charge in [0.25, 0.3) is 0 Å². The van der Waals surface area contributed by atoms with Crippen molar-refractivity contribution in [1.82, 2.24) is 4.90 Å². The van der Waals surface area contributed by atoms with E-state index in [2.05, 4.69) is 17.0 Å². The van der Waals surface area contributed by atoms with Gasteiger partial charge in [-0.05, 0) is 49.4 Å². The molecule has 0 radical (unpaired) electrons. The van der Waals surface area contributed by atoms with Gasteiger partial charge in [0, 0.05) is 12.6 Å². The van der Waals surface area contributed by atoms with Gasteiger partial charge in [-0.25, -0.2) is 0 Å². The third-order valence-electron chi connectivity index (χ3n) is 4.90. The first-order valence-electron chi connectivity index (χ1n) is 7.63. The zero-order valence-corrected chi connectivity index (χ0v) is 12.1. The van der Waals surface area contributed by atoms with Crippen molar-refractivity contribution < 1.29 is 4.74 Å². The number of nitriles is 1. The fourth-order valence-electron chi connectivity index (χ4n) is 3.86. The van der Waals surface area contributed by atoms with Crippen molar-refractivity contribution in [3.8, 4) is 11.8 Å². The van der Waals surface area contributed by atoms with Crippen molar-refractivity contribution in [2.75, 3.05) is 13.7 Å². The van der Waals surface area contributed by atoms with Gasteiger partial charge in [0.05, 0.1) is 12.7 Å². The lowest BCUT2D eigenvalue weighted by Crippen LogP contribution is -2.34. The molecule has 1 aliphatic heterocycles. The molecule has 106 valence electrons. The minimum atomic E-state index is 0.619. The molecule has 2 atom stereocenters. The SMILES string of the molecule is COc1cc(CN2CCC3CCCCC32)ccc1C#N. The summed E-state index contributed by atoms with van der Waals surface area (Å²) < 4.78 is 5.31. The highest BCUT2D eigenvalue weighted by atomic mass is 16.5. The van der Waals surface area contributed by atoms with E-state index in [0.29, 0.717) is 11.3 Å². The maximum absolute atomic E-state index is 9.04. The molecule has 1 saturated heterocycles. The number of hydrogen-bond donors (Lipinski definition) is 0. The van der Waals surface area contributed by atoms with E-state index >= 15 is 0 Å². The molecule has 0 bridgehead atoms. The van der Waals surface area contributed by atoms with Crippen LogP contribution in [0.4, 0.5) is 0 Å². The zero-order chi connectivity index (χ0) is 13.9. The second-order valence-electron chi connectivity index (χ2n) is 6.02. The molecule has 1 aromatic carbocycles. The summed E-state index contributed by atoms with van der Waals surface area (Å²) in [6, 6.07) is 8.92. The van der Waals surface area contributed by atoms with Crippen LogP contribution in [0.25, 0.3) is 0 Å². The van der Waals surface area contributed by atoms with Gasteiger partial charge in [-0.2, -0.15) is 5.26 Å². The number of likely N-dealkylation sites (tertiary alicyclic amines) is 1. The van der Waals surface area contributed by atoms with Crippen molar-refractivity contribution in [1.29, 1.82) is 5.26 Å². The Kier molecular flexibility index (Phi) is 3.93. The lowest BCUT2D eigenvalue weighted by molar-refractivity contribution is 0.176. The molecule has 0 aromatic heterocycles. The smallest absolute Gasteiger partial charge is 0.136 e. The number of benzene rings is 1. The molecule has 0 spiro atoms. The minimum absolute atomic E-state index is 0.619. The van der Waals surface area contributed by atoms with E-state index in [9.17, 15) is 0 Å². The Balaban J connectivity index is 1.73. The van der Waals surface area contributed by atoms with Gasteiger partial charge in [-0.1, -0.05) is 18.9 Å². The summed E-state index contributed by atoms with van der Waals surface area (Å²) in [7, 11) is 1.63. The van der Waals surface area contributed by atoms with E-state index in [1.807, 2.05) is 12.1 Å². The summed E-state index contributed by atoms with van der Waals surface area (Å²) in [6.07, 6.45) is 6.93. The lowest BCUT2D eigenvalue weighted by atomic mass is 9.85. The maximum atomic E-state index is 9.04. The van der Waals surface area contributed by atoms with Crippen LogP contribution in [-0.2, 0) is 6.54 Å². The maximum Gasteiger partial charge on any atom is 0.136 e. The molecule has 0 amide bonds. The Morgan fingerprint density at radius 2 is 2.15 bits per heavy atom. The van der Waals surface area contributed by atoms with Crippen LogP contribution >= 0.6 is 0 Å². The van der Waals surface area contributed by atoms with E-state index < -0.39 is 0 Å². The van der Waals surface area contributed by atoms with Crippen LogP contribution in [0.3, 0.4) is 0 Å². The number of fused-ring (bicyclic) bond motifs is 1. The molecule has 20 heavy (non-hydrogen) atoms. The fourth-order valence-corrected chi connectivity index (χ4v) is 3.86. The molecule has 2 unspecified atom stereocenters. The molecular weight excluding hydrogens is 248 g/mol. The monoisotopic (exact) mass is 270 g/mol. The lowest BCUT2D eigenvalue weighted by Gasteiger charge is -2.31. The first-order chi connectivity index (χ1) is 9.81. The molecule has 1 aliphatic carbocycles. The summed E-state index contributed by atoms with van der Waals surface area (Å²) in [4.78, 5) is 2.63. The summed E-state index contributed by atoms with van der Waals surface area (Å²) in [5, 5.41) is 9.04. The van der Waals surface area contributed by atoms with Crippen LogP contribution in [0.15, 0.2) is 18.2 Å². The third-order valence-corrected chi connectivity index (χ3v) is 4.90.